The van der Waals surface area contributed by atoms with Crippen LogP contribution in [0.15, 0.2) is 12.4 Å². The zero-order valence-corrected chi connectivity index (χ0v) is 11.6. The second-order valence-electron chi connectivity index (χ2n) is 4.58. The maximum absolute atomic E-state index is 5.82. The summed E-state index contributed by atoms with van der Waals surface area (Å²) in [6.45, 7) is 4.92. The number of rotatable bonds is 5. The molecule has 1 atom stereocenters. The molecule has 0 saturated carbocycles. The third kappa shape index (κ3) is 3.56. The van der Waals surface area contributed by atoms with Crippen molar-refractivity contribution in [1.29, 1.82) is 0 Å². The average molecular weight is 270 g/mol. The Morgan fingerprint density at radius 1 is 1.44 bits per heavy atom. The van der Waals surface area contributed by atoms with Gasteiger partial charge in [-0.15, -0.1) is 11.6 Å². The van der Waals surface area contributed by atoms with Crippen molar-refractivity contribution in [2.24, 2.45) is 0 Å². The van der Waals surface area contributed by atoms with Gasteiger partial charge in [-0.05, 0) is 19.3 Å². The van der Waals surface area contributed by atoms with Gasteiger partial charge in [0.05, 0.1) is 30.1 Å². The summed E-state index contributed by atoms with van der Waals surface area (Å²) < 4.78 is 5.82. The second kappa shape index (κ2) is 6.90. The number of nitrogens with zero attached hydrogens (tertiary/aromatic N) is 3. The Kier molecular flexibility index (Phi) is 5.20. The lowest BCUT2D eigenvalue weighted by molar-refractivity contribution is 0.0439. The molecule has 0 N–H and O–H groups in total. The standard InChI is InChI=1S/C13H20ClN3O/c1-2-6-18-12-4-3-5-17(10-12)13-9-15-11(7-14)8-16-13/h8-9,12H,2-7,10H2,1H3. The molecule has 1 unspecified atom stereocenters. The van der Waals surface area contributed by atoms with Crippen molar-refractivity contribution in [3.63, 3.8) is 0 Å². The maximum Gasteiger partial charge on any atom is 0.147 e. The van der Waals surface area contributed by atoms with Gasteiger partial charge >= 0.3 is 0 Å². The number of halogens is 1. The lowest BCUT2D eigenvalue weighted by Gasteiger charge is -2.33. The topological polar surface area (TPSA) is 38.2 Å². The van der Waals surface area contributed by atoms with E-state index in [1.807, 2.05) is 0 Å². The van der Waals surface area contributed by atoms with Crippen LogP contribution in [-0.4, -0.2) is 35.8 Å². The third-order valence-corrected chi connectivity index (χ3v) is 3.36. The molecule has 1 aliphatic rings. The van der Waals surface area contributed by atoms with E-state index < -0.39 is 0 Å². The number of anilines is 1. The molecule has 2 rings (SSSR count). The Morgan fingerprint density at radius 2 is 2.33 bits per heavy atom. The van der Waals surface area contributed by atoms with E-state index in [4.69, 9.17) is 16.3 Å². The van der Waals surface area contributed by atoms with Crippen LogP contribution in [0.1, 0.15) is 31.9 Å². The van der Waals surface area contributed by atoms with E-state index in [2.05, 4.69) is 21.8 Å². The summed E-state index contributed by atoms with van der Waals surface area (Å²) in [5.74, 6) is 1.34. The molecule has 5 heteroatoms. The Labute approximate surface area is 113 Å². The van der Waals surface area contributed by atoms with Crippen LogP contribution in [0.25, 0.3) is 0 Å². The lowest BCUT2D eigenvalue weighted by Crippen LogP contribution is -2.40. The van der Waals surface area contributed by atoms with Crippen molar-refractivity contribution in [3.8, 4) is 0 Å². The van der Waals surface area contributed by atoms with Crippen molar-refractivity contribution in [1.82, 2.24) is 9.97 Å². The molecular weight excluding hydrogens is 250 g/mol. The molecular formula is C13H20ClN3O. The minimum Gasteiger partial charge on any atom is -0.376 e. The summed E-state index contributed by atoms with van der Waals surface area (Å²) in [6, 6.07) is 0. The van der Waals surface area contributed by atoms with E-state index in [1.54, 1.807) is 12.4 Å². The molecule has 0 amide bonds. The number of aromatic nitrogens is 2. The summed E-state index contributed by atoms with van der Waals surface area (Å²) in [6.07, 6.45) is 7.24. The SMILES string of the molecule is CCCOC1CCCN(c2cnc(CCl)cn2)C1. The van der Waals surface area contributed by atoms with E-state index in [9.17, 15) is 0 Å². The normalized spacial score (nSPS) is 20.1. The van der Waals surface area contributed by atoms with Crippen molar-refractivity contribution in [2.75, 3.05) is 24.6 Å². The Hall–Kier alpha value is -0.870. The van der Waals surface area contributed by atoms with Gasteiger partial charge in [-0.1, -0.05) is 6.92 Å². The molecule has 100 valence electrons. The van der Waals surface area contributed by atoms with E-state index in [0.717, 1.165) is 50.5 Å². The number of hydrogen-bond donors (Lipinski definition) is 0. The fourth-order valence-corrected chi connectivity index (χ4v) is 2.29. The summed E-state index contributed by atoms with van der Waals surface area (Å²) >= 11 is 5.71. The lowest BCUT2D eigenvalue weighted by atomic mass is 10.1. The van der Waals surface area contributed by atoms with Crippen LogP contribution in [0.4, 0.5) is 5.82 Å². The second-order valence-corrected chi connectivity index (χ2v) is 4.85. The van der Waals surface area contributed by atoms with E-state index >= 15 is 0 Å². The highest BCUT2D eigenvalue weighted by molar-refractivity contribution is 6.16. The van der Waals surface area contributed by atoms with Crippen LogP contribution in [0.5, 0.6) is 0 Å². The van der Waals surface area contributed by atoms with Gasteiger partial charge < -0.3 is 9.64 Å². The average Bonchev–Trinajstić information content (AvgIpc) is 2.45. The van der Waals surface area contributed by atoms with Crippen molar-refractivity contribution in [3.05, 3.63) is 18.1 Å². The smallest absolute Gasteiger partial charge is 0.147 e. The molecule has 1 saturated heterocycles. The zero-order chi connectivity index (χ0) is 12.8. The van der Waals surface area contributed by atoms with E-state index in [1.165, 1.54) is 0 Å². The van der Waals surface area contributed by atoms with Crippen LogP contribution >= 0.6 is 11.6 Å². The number of ether oxygens (including phenoxy) is 1. The summed E-state index contributed by atoms with van der Waals surface area (Å²) in [7, 11) is 0. The van der Waals surface area contributed by atoms with E-state index in [0.29, 0.717) is 12.0 Å². The Balaban J connectivity index is 1.94. The van der Waals surface area contributed by atoms with Crippen LogP contribution in [-0.2, 0) is 10.6 Å². The molecule has 0 aromatic carbocycles. The summed E-state index contributed by atoms with van der Waals surface area (Å²) in [4.78, 5) is 10.9. The van der Waals surface area contributed by atoms with Gasteiger partial charge in [-0.25, -0.2) is 4.98 Å². The molecule has 1 fully saturated rings. The monoisotopic (exact) mass is 269 g/mol. The van der Waals surface area contributed by atoms with Crippen LogP contribution in [0.3, 0.4) is 0 Å². The first-order chi connectivity index (χ1) is 8.83. The minimum absolute atomic E-state index is 0.327. The van der Waals surface area contributed by atoms with Crippen LogP contribution < -0.4 is 4.90 Å². The molecule has 1 aliphatic heterocycles. The highest BCUT2D eigenvalue weighted by Crippen LogP contribution is 2.19. The quantitative estimate of drug-likeness (QED) is 0.770. The zero-order valence-electron chi connectivity index (χ0n) is 10.8. The number of piperidine rings is 1. The minimum atomic E-state index is 0.327. The van der Waals surface area contributed by atoms with Crippen LogP contribution in [0, 0.1) is 0 Å². The van der Waals surface area contributed by atoms with Gasteiger partial charge in [0.2, 0.25) is 0 Å². The third-order valence-electron chi connectivity index (χ3n) is 3.09. The maximum atomic E-state index is 5.82. The van der Waals surface area contributed by atoms with Crippen molar-refractivity contribution >= 4 is 17.4 Å². The summed E-state index contributed by atoms with van der Waals surface area (Å²) in [5.41, 5.74) is 0.816. The first-order valence-corrected chi connectivity index (χ1v) is 7.10. The van der Waals surface area contributed by atoms with Gasteiger partial charge in [0.1, 0.15) is 5.82 Å². The van der Waals surface area contributed by atoms with Gasteiger partial charge in [-0.3, -0.25) is 4.98 Å². The molecule has 0 radical (unpaired) electrons. The van der Waals surface area contributed by atoms with Crippen molar-refractivity contribution < 1.29 is 4.74 Å². The molecule has 18 heavy (non-hydrogen) atoms. The predicted octanol–water partition coefficient (Wildman–Crippen LogP) is 2.61. The number of hydrogen-bond acceptors (Lipinski definition) is 4. The summed E-state index contributed by atoms with van der Waals surface area (Å²) in [5, 5.41) is 0. The largest absolute Gasteiger partial charge is 0.376 e. The van der Waals surface area contributed by atoms with Gasteiger partial charge in [0, 0.05) is 19.7 Å². The predicted molar refractivity (Wildman–Crippen MR) is 73.1 cm³/mol. The molecule has 0 aliphatic carbocycles. The molecule has 2 heterocycles. The Morgan fingerprint density at radius 3 is 3.00 bits per heavy atom. The van der Waals surface area contributed by atoms with Gasteiger partial charge in [-0.2, -0.15) is 0 Å². The van der Waals surface area contributed by atoms with Gasteiger partial charge in [0.25, 0.3) is 0 Å². The highest BCUT2D eigenvalue weighted by Gasteiger charge is 2.21. The molecule has 1 aromatic rings. The fraction of sp³-hybridized carbons (Fsp3) is 0.692. The Bertz CT molecular complexity index is 358. The van der Waals surface area contributed by atoms with Gasteiger partial charge in [0.15, 0.2) is 0 Å². The molecule has 1 aromatic heterocycles. The fourth-order valence-electron chi connectivity index (χ4n) is 2.15. The van der Waals surface area contributed by atoms with Crippen molar-refractivity contribution in [2.45, 2.75) is 38.2 Å². The highest BCUT2D eigenvalue weighted by atomic mass is 35.5. The number of alkyl halides is 1. The van der Waals surface area contributed by atoms with Crippen LogP contribution in [0.2, 0.25) is 0 Å². The first kappa shape index (κ1) is 13.6. The first-order valence-electron chi connectivity index (χ1n) is 6.57. The molecule has 4 nitrogen and oxygen atoms in total. The van der Waals surface area contributed by atoms with E-state index in [-0.39, 0.29) is 0 Å². The molecule has 0 spiro atoms. The molecule has 0 bridgehead atoms.